The Morgan fingerprint density at radius 2 is 1.74 bits per heavy atom. The van der Waals surface area contributed by atoms with Gasteiger partial charge in [0, 0.05) is 43.6 Å². The van der Waals surface area contributed by atoms with Gasteiger partial charge in [-0.05, 0) is 85.1 Å². The Kier molecular flexibility index (Phi) is 9.00. The molecule has 184 valence electrons. The van der Waals surface area contributed by atoms with Gasteiger partial charge < -0.3 is 25.4 Å². The highest BCUT2D eigenvalue weighted by Gasteiger charge is 2.15. The van der Waals surface area contributed by atoms with Gasteiger partial charge in [0.15, 0.2) is 0 Å². The van der Waals surface area contributed by atoms with Crippen molar-refractivity contribution in [2.45, 2.75) is 26.4 Å². The van der Waals surface area contributed by atoms with E-state index in [4.69, 9.17) is 9.84 Å². The SMILES string of the molecule is CO.COc1ccc(C(=O)NCc2cccc(C(=O)Nc3ccc4c(c3)CN(C)CC4)c2)cc1C. The number of aryl methyl sites for hydroxylation is 1. The molecule has 0 bridgehead atoms. The van der Waals surface area contributed by atoms with Gasteiger partial charge in [-0.3, -0.25) is 9.59 Å². The number of amides is 2. The number of carbonyl (C=O) groups is 2. The summed E-state index contributed by atoms with van der Waals surface area (Å²) in [7, 11) is 4.71. The molecule has 35 heavy (non-hydrogen) atoms. The summed E-state index contributed by atoms with van der Waals surface area (Å²) in [6, 6.07) is 18.8. The highest BCUT2D eigenvalue weighted by Crippen LogP contribution is 2.22. The van der Waals surface area contributed by atoms with Crippen LogP contribution in [0.3, 0.4) is 0 Å². The third kappa shape index (κ3) is 6.68. The van der Waals surface area contributed by atoms with Crippen molar-refractivity contribution in [2.24, 2.45) is 0 Å². The van der Waals surface area contributed by atoms with E-state index >= 15 is 0 Å². The predicted octanol–water partition coefficient (Wildman–Crippen LogP) is 3.78. The average molecular weight is 476 g/mol. The Bertz CT molecular complexity index is 1190. The highest BCUT2D eigenvalue weighted by molar-refractivity contribution is 6.04. The lowest BCUT2D eigenvalue weighted by Crippen LogP contribution is -2.26. The fraction of sp³-hybridized carbons (Fsp3) is 0.286. The number of ether oxygens (including phenoxy) is 1. The smallest absolute Gasteiger partial charge is 0.255 e. The van der Waals surface area contributed by atoms with Gasteiger partial charge >= 0.3 is 0 Å². The second-order valence-corrected chi connectivity index (χ2v) is 8.49. The van der Waals surface area contributed by atoms with Crippen molar-refractivity contribution in [1.82, 2.24) is 10.2 Å². The first-order chi connectivity index (χ1) is 16.9. The third-order valence-corrected chi connectivity index (χ3v) is 5.97. The Balaban J connectivity index is 0.00000167. The van der Waals surface area contributed by atoms with Gasteiger partial charge in [-0.15, -0.1) is 0 Å². The number of likely N-dealkylation sites (N-methyl/N-ethyl adjacent to an activating group) is 1. The number of hydrogen-bond acceptors (Lipinski definition) is 5. The summed E-state index contributed by atoms with van der Waals surface area (Å²) in [6.45, 7) is 4.18. The summed E-state index contributed by atoms with van der Waals surface area (Å²) in [6.07, 6.45) is 1.03. The molecule has 0 saturated carbocycles. The lowest BCUT2D eigenvalue weighted by Gasteiger charge is -2.25. The Labute approximate surface area is 206 Å². The highest BCUT2D eigenvalue weighted by atomic mass is 16.5. The number of hydrogen-bond donors (Lipinski definition) is 3. The van der Waals surface area contributed by atoms with Crippen LogP contribution in [0.15, 0.2) is 60.7 Å². The number of aliphatic hydroxyl groups is 1. The fourth-order valence-corrected chi connectivity index (χ4v) is 4.11. The number of fused-ring (bicyclic) bond motifs is 1. The van der Waals surface area contributed by atoms with E-state index in [0.29, 0.717) is 17.7 Å². The largest absolute Gasteiger partial charge is 0.496 e. The molecule has 3 aromatic carbocycles. The Hall–Kier alpha value is -3.68. The van der Waals surface area contributed by atoms with Crippen LogP contribution in [0.25, 0.3) is 0 Å². The summed E-state index contributed by atoms with van der Waals surface area (Å²) in [5, 5.41) is 12.9. The van der Waals surface area contributed by atoms with Crippen molar-refractivity contribution in [2.75, 3.05) is 33.1 Å². The molecule has 4 rings (SSSR count). The summed E-state index contributed by atoms with van der Waals surface area (Å²) in [5.74, 6) is 0.406. The molecule has 0 fully saturated rings. The van der Waals surface area contributed by atoms with Crippen LogP contribution in [-0.4, -0.2) is 49.6 Å². The molecule has 7 nitrogen and oxygen atoms in total. The number of anilines is 1. The van der Waals surface area contributed by atoms with Gasteiger partial charge in [0.25, 0.3) is 11.8 Å². The molecule has 1 aliphatic heterocycles. The molecule has 3 N–H and O–H groups in total. The lowest BCUT2D eigenvalue weighted by molar-refractivity contribution is 0.0950. The Morgan fingerprint density at radius 1 is 0.971 bits per heavy atom. The topological polar surface area (TPSA) is 90.9 Å². The monoisotopic (exact) mass is 475 g/mol. The first-order valence-corrected chi connectivity index (χ1v) is 11.5. The summed E-state index contributed by atoms with van der Waals surface area (Å²) in [4.78, 5) is 27.6. The third-order valence-electron chi connectivity index (χ3n) is 5.97. The molecule has 0 saturated heterocycles. The number of nitrogens with zero attached hydrogens (tertiary/aromatic N) is 1. The van der Waals surface area contributed by atoms with Gasteiger partial charge in [0.2, 0.25) is 0 Å². The quantitative estimate of drug-likeness (QED) is 0.505. The van der Waals surface area contributed by atoms with Crippen LogP contribution >= 0.6 is 0 Å². The van der Waals surface area contributed by atoms with Crippen LogP contribution in [0.5, 0.6) is 5.75 Å². The van der Waals surface area contributed by atoms with Crippen molar-refractivity contribution < 1.29 is 19.4 Å². The standard InChI is InChI=1S/C27H29N3O3.CH4O/c1-18-13-22(8-10-25(18)33-3)26(31)28-16-19-5-4-6-21(14-19)27(32)29-24-9-7-20-11-12-30(2)17-23(20)15-24;1-2/h4-10,13-15H,11-12,16-17H2,1-3H3,(H,28,31)(H,29,32);2H,1H3. The van der Waals surface area contributed by atoms with E-state index in [2.05, 4.69) is 34.7 Å². The maximum Gasteiger partial charge on any atom is 0.255 e. The number of aliphatic hydroxyl groups excluding tert-OH is 1. The molecule has 0 aliphatic carbocycles. The number of nitrogens with one attached hydrogen (secondary N) is 2. The van der Waals surface area contributed by atoms with Gasteiger partial charge in [0.05, 0.1) is 7.11 Å². The second-order valence-electron chi connectivity index (χ2n) is 8.49. The minimum Gasteiger partial charge on any atom is -0.496 e. The van der Waals surface area contributed by atoms with Crippen molar-refractivity contribution in [1.29, 1.82) is 0 Å². The van der Waals surface area contributed by atoms with Crippen LogP contribution in [0.2, 0.25) is 0 Å². The number of rotatable bonds is 6. The molecule has 0 radical (unpaired) electrons. The van der Waals surface area contributed by atoms with Crippen LogP contribution in [0.1, 0.15) is 43.0 Å². The van der Waals surface area contributed by atoms with Gasteiger partial charge in [-0.25, -0.2) is 0 Å². The van der Waals surface area contributed by atoms with Crippen LogP contribution < -0.4 is 15.4 Å². The molecule has 0 atom stereocenters. The lowest BCUT2D eigenvalue weighted by atomic mass is 9.99. The van der Waals surface area contributed by atoms with E-state index in [1.54, 1.807) is 37.4 Å². The molecule has 7 heteroatoms. The van der Waals surface area contributed by atoms with Crippen molar-refractivity contribution in [3.63, 3.8) is 0 Å². The number of carbonyl (C=O) groups excluding carboxylic acids is 2. The minimum atomic E-state index is -0.172. The summed E-state index contributed by atoms with van der Waals surface area (Å²) in [5.41, 5.74) is 6.27. The van der Waals surface area contributed by atoms with E-state index in [1.807, 2.05) is 25.1 Å². The Morgan fingerprint density at radius 3 is 2.49 bits per heavy atom. The maximum absolute atomic E-state index is 12.8. The van der Waals surface area contributed by atoms with E-state index in [1.165, 1.54) is 11.1 Å². The first kappa shape index (κ1) is 25.9. The molecule has 2 amide bonds. The zero-order chi connectivity index (χ0) is 25.4. The van der Waals surface area contributed by atoms with E-state index < -0.39 is 0 Å². The van der Waals surface area contributed by atoms with E-state index in [0.717, 1.165) is 49.2 Å². The molecule has 0 aromatic heterocycles. The molecule has 1 heterocycles. The number of methoxy groups -OCH3 is 1. The zero-order valence-electron chi connectivity index (χ0n) is 20.7. The first-order valence-electron chi connectivity index (χ1n) is 11.5. The van der Waals surface area contributed by atoms with Crippen molar-refractivity contribution in [3.8, 4) is 5.75 Å². The zero-order valence-corrected chi connectivity index (χ0v) is 20.7. The van der Waals surface area contributed by atoms with E-state index in [-0.39, 0.29) is 11.8 Å². The molecule has 3 aromatic rings. The normalized spacial score (nSPS) is 12.6. The molecular weight excluding hydrogens is 442 g/mol. The van der Waals surface area contributed by atoms with Crippen molar-refractivity contribution in [3.05, 3.63) is 94.0 Å². The molecule has 1 aliphatic rings. The van der Waals surface area contributed by atoms with Gasteiger partial charge in [0.1, 0.15) is 5.75 Å². The number of benzene rings is 3. The molecule has 0 unspecified atom stereocenters. The maximum atomic E-state index is 12.8. The van der Waals surface area contributed by atoms with E-state index in [9.17, 15) is 9.59 Å². The van der Waals surface area contributed by atoms with Crippen molar-refractivity contribution >= 4 is 17.5 Å². The predicted molar refractivity (Wildman–Crippen MR) is 138 cm³/mol. The summed E-state index contributed by atoms with van der Waals surface area (Å²) >= 11 is 0. The molecule has 0 spiro atoms. The second kappa shape index (κ2) is 12.1. The van der Waals surface area contributed by atoms with Gasteiger partial charge in [-0.1, -0.05) is 18.2 Å². The van der Waals surface area contributed by atoms with Crippen LogP contribution in [0.4, 0.5) is 5.69 Å². The van der Waals surface area contributed by atoms with Crippen LogP contribution in [0, 0.1) is 6.92 Å². The van der Waals surface area contributed by atoms with Crippen LogP contribution in [-0.2, 0) is 19.5 Å². The minimum absolute atomic E-state index is 0.168. The average Bonchev–Trinajstić information content (AvgIpc) is 2.88. The summed E-state index contributed by atoms with van der Waals surface area (Å²) < 4.78 is 5.25. The fourth-order valence-electron chi connectivity index (χ4n) is 4.11. The molecular formula is C28H33N3O4. The van der Waals surface area contributed by atoms with Gasteiger partial charge in [-0.2, -0.15) is 0 Å².